The molecule has 2 aromatic heterocycles. The van der Waals surface area contributed by atoms with Gasteiger partial charge in [0.05, 0.1) is 32.2 Å². The minimum absolute atomic E-state index is 0.0485. The zero-order chi connectivity index (χ0) is 19.7. The molecule has 9 nitrogen and oxygen atoms in total. The van der Waals surface area contributed by atoms with Crippen LogP contribution in [0.15, 0.2) is 12.7 Å². The molecule has 0 bridgehead atoms. The highest BCUT2D eigenvalue weighted by atomic mass is 31.2. The second-order valence-corrected chi connectivity index (χ2v) is 9.71. The summed E-state index contributed by atoms with van der Waals surface area (Å²) in [6.07, 6.45) is 3.54. The number of hydrogen-bond acceptors (Lipinski definition) is 8. The van der Waals surface area contributed by atoms with Crippen molar-refractivity contribution in [3.63, 3.8) is 0 Å². The minimum Gasteiger partial charge on any atom is -0.382 e. The van der Waals surface area contributed by atoms with Gasteiger partial charge in [-0.3, -0.25) is 4.57 Å². The smallest absolute Gasteiger partial charge is 0.356 e. The Morgan fingerprint density at radius 1 is 1.33 bits per heavy atom. The first kappa shape index (κ1) is 20.2. The fourth-order valence-corrected chi connectivity index (χ4v) is 4.41. The van der Waals surface area contributed by atoms with Gasteiger partial charge >= 0.3 is 7.60 Å². The van der Waals surface area contributed by atoms with Crippen molar-refractivity contribution in [2.75, 3.05) is 25.3 Å². The van der Waals surface area contributed by atoms with E-state index in [0.29, 0.717) is 42.7 Å². The second kappa shape index (κ2) is 7.83. The summed E-state index contributed by atoms with van der Waals surface area (Å²) in [5, 5.41) is 0. The van der Waals surface area contributed by atoms with Crippen LogP contribution in [-0.4, -0.2) is 45.2 Å². The van der Waals surface area contributed by atoms with E-state index >= 15 is 0 Å². The zero-order valence-corrected chi connectivity index (χ0v) is 17.2. The molecule has 0 radical (unpaired) electrons. The van der Waals surface area contributed by atoms with Gasteiger partial charge in [-0.25, -0.2) is 15.0 Å². The molecule has 0 aromatic carbocycles. The molecule has 27 heavy (non-hydrogen) atoms. The van der Waals surface area contributed by atoms with Crippen LogP contribution in [0.4, 0.5) is 5.82 Å². The van der Waals surface area contributed by atoms with Crippen molar-refractivity contribution in [3.05, 3.63) is 12.7 Å². The molecule has 0 aliphatic carbocycles. The number of nitrogens with zero attached hydrogens (tertiary/aromatic N) is 4. The van der Waals surface area contributed by atoms with Gasteiger partial charge in [0.15, 0.2) is 11.5 Å². The summed E-state index contributed by atoms with van der Waals surface area (Å²) < 4.78 is 31.8. The first-order valence-corrected chi connectivity index (χ1v) is 10.9. The van der Waals surface area contributed by atoms with Crippen LogP contribution in [0.5, 0.6) is 0 Å². The van der Waals surface area contributed by atoms with E-state index in [1.165, 1.54) is 6.33 Å². The third-order valence-electron chi connectivity index (χ3n) is 5.35. The van der Waals surface area contributed by atoms with E-state index in [4.69, 9.17) is 19.5 Å². The lowest BCUT2D eigenvalue weighted by atomic mass is 9.77. The lowest BCUT2D eigenvalue weighted by molar-refractivity contribution is 0.0644. The van der Waals surface area contributed by atoms with Crippen LogP contribution >= 0.6 is 7.60 Å². The fraction of sp³-hybridized carbons (Fsp3) is 0.706. The molecule has 2 unspecified atom stereocenters. The molecule has 3 rings (SSSR count). The molecule has 0 spiro atoms. The average Bonchev–Trinajstić information content (AvgIpc) is 2.95. The number of ether oxygens (including phenoxy) is 1. The highest BCUT2D eigenvalue weighted by molar-refractivity contribution is 7.53. The highest BCUT2D eigenvalue weighted by Gasteiger charge is 2.38. The summed E-state index contributed by atoms with van der Waals surface area (Å²) in [5.41, 5.74) is 6.95. The third kappa shape index (κ3) is 4.48. The monoisotopic (exact) mass is 397 g/mol. The van der Waals surface area contributed by atoms with Gasteiger partial charge in [-0.2, -0.15) is 0 Å². The number of nitrogens with two attached hydrogens (primary N) is 1. The van der Waals surface area contributed by atoms with Crippen molar-refractivity contribution in [1.82, 2.24) is 19.5 Å². The Morgan fingerprint density at radius 2 is 2.11 bits per heavy atom. The summed E-state index contributed by atoms with van der Waals surface area (Å²) in [6.45, 7) is 9.61. The molecule has 0 saturated carbocycles. The average molecular weight is 397 g/mol. The van der Waals surface area contributed by atoms with E-state index in [1.54, 1.807) is 6.33 Å². The molecule has 3 atom stereocenters. The van der Waals surface area contributed by atoms with Crippen molar-refractivity contribution >= 4 is 24.6 Å². The zero-order valence-electron chi connectivity index (χ0n) is 16.3. The SMILES string of the molecule is CC(Cn1cnc2c(N)ncnc21)OCP1(=O)OCC[C@@](C)(C(C)C)CO1. The van der Waals surface area contributed by atoms with Crippen molar-refractivity contribution < 1.29 is 18.3 Å². The Hall–Kier alpha value is -1.54. The van der Waals surface area contributed by atoms with E-state index in [0.717, 1.165) is 6.42 Å². The van der Waals surface area contributed by atoms with Crippen molar-refractivity contribution in [1.29, 1.82) is 0 Å². The van der Waals surface area contributed by atoms with Gasteiger partial charge in [0.2, 0.25) is 0 Å². The molecule has 150 valence electrons. The normalized spacial score (nSPS) is 27.7. The van der Waals surface area contributed by atoms with Crippen LogP contribution in [0, 0.1) is 11.3 Å². The Bertz CT molecular complexity index is 842. The Morgan fingerprint density at radius 3 is 2.85 bits per heavy atom. The number of rotatable bonds is 6. The molecular weight excluding hydrogens is 369 g/mol. The third-order valence-corrected chi connectivity index (χ3v) is 6.91. The van der Waals surface area contributed by atoms with Gasteiger partial charge in [0.25, 0.3) is 0 Å². The lowest BCUT2D eigenvalue weighted by Gasteiger charge is -2.31. The topological polar surface area (TPSA) is 114 Å². The first-order chi connectivity index (χ1) is 12.7. The predicted molar refractivity (Wildman–Crippen MR) is 102 cm³/mol. The lowest BCUT2D eigenvalue weighted by Crippen LogP contribution is -2.28. The maximum Gasteiger partial charge on any atom is 0.356 e. The summed E-state index contributed by atoms with van der Waals surface area (Å²) in [4.78, 5) is 12.4. The summed E-state index contributed by atoms with van der Waals surface area (Å²) in [5.74, 6) is 0.752. The van der Waals surface area contributed by atoms with Crippen LogP contribution in [0.3, 0.4) is 0 Å². The number of nitrogen functional groups attached to an aromatic ring is 1. The Balaban J connectivity index is 1.59. The molecule has 10 heteroatoms. The molecule has 1 aliphatic rings. The number of aromatic nitrogens is 4. The van der Waals surface area contributed by atoms with Gasteiger partial charge in [-0.15, -0.1) is 0 Å². The number of anilines is 1. The van der Waals surface area contributed by atoms with E-state index in [1.807, 2.05) is 11.5 Å². The number of imidazole rings is 1. The summed E-state index contributed by atoms with van der Waals surface area (Å²) >= 11 is 0. The molecule has 1 saturated heterocycles. The van der Waals surface area contributed by atoms with Crippen LogP contribution in [0.25, 0.3) is 11.2 Å². The van der Waals surface area contributed by atoms with Crippen LogP contribution in [-0.2, 0) is 24.9 Å². The molecule has 3 heterocycles. The highest BCUT2D eigenvalue weighted by Crippen LogP contribution is 2.53. The van der Waals surface area contributed by atoms with Crippen LogP contribution in [0.1, 0.15) is 34.1 Å². The minimum atomic E-state index is -3.27. The van der Waals surface area contributed by atoms with Crippen molar-refractivity contribution in [2.45, 2.75) is 46.8 Å². The van der Waals surface area contributed by atoms with E-state index < -0.39 is 7.60 Å². The number of hydrogen-bond donors (Lipinski definition) is 1. The van der Waals surface area contributed by atoms with Crippen LogP contribution < -0.4 is 5.73 Å². The van der Waals surface area contributed by atoms with Gasteiger partial charge in [-0.1, -0.05) is 20.8 Å². The van der Waals surface area contributed by atoms with Gasteiger partial charge < -0.3 is 24.1 Å². The molecule has 1 fully saturated rings. The largest absolute Gasteiger partial charge is 0.382 e. The van der Waals surface area contributed by atoms with Gasteiger partial charge in [0, 0.05) is 0 Å². The molecule has 2 N–H and O–H groups in total. The van der Waals surface area contributed by atoms with E-state index in [2.05, 4.69) is 35.7 Å². The standard InChI is InChI=1S/C17H28N5O4P/c1-12(2)17(4)5-6-25-27(23,26-8-17)11-24-13(3)7-22-10-21-14-15(18)19-9-20-16(14)22/h9-10,12-13H,5-8,11H2,1-4H3,(H2,18,19,20)/t13?,17-,27?/m1/s1. The second-order valence-electron chi connectivity index (χ2n) is 7.71. The van der Waals surface area contributed by atoms with Gasteiger partial charge in [0.1, 0.15) is 18.2 Å². The van der Waals surface area contributed by atoms with Crippen molar-refractivity contribution in [2.24, 2.45) is 11.3 Å². The maximum atomic E-state index is 12.9. The molecule has 2 aromatic rings. The first-order valence-electron chi connectivity index (χ1n) is 9.13. The fourth-order valence-electron chi connectivity index (χ4n) is 2.88. The quantitative estimate of drug-likeness (QED) is 0.740. The molecule has 1 aliphatic heterocycles. The Kier molecular flexibility index (Phi) is 5.86. The number of fused-ring (bicyclic) bond motifs is 1. The molecule has 0 amide bonds. The summed E-state index contributed by atoms with van der Waals surface area (Å²) in [6, 6.07) is 0. The maximum absolute atomic E-state index is 12.9. The summed E-state index contributed by atoms with van der Waals surface area (Å²) in [7, 11) is -3.27. The molecular formula is C17H28N5O4P. The predicted octanol–water partition coefficient (Wildman–Crippen LogP) is 3.06. The van der Waals surface area contributed by atoms with E-state index in [-0.39, 0.29) is 17.9 Å². The van der Waals surface area contributed by atoms with Crippen LogP contribution in [0.2, 0.25) is 0 Å². The van der Waals surface area contributed by atoms with Crippen molar-refractivity contribution in [3.8, 4) is 0 Å². The van der Waals surface area contributed by atoms with E-state index in [9.17, 15) is 4.57 Å². The Labute approximate surface area is 159 Å². The van der Waals surface area contributed by atoms with Gasteiger partial charge in [-0.05, 0) is 24.7 Å².